The van der Waals surface area contributed by atoms with E-state index in [1.54, 1.807) is 14.2 Å². The van der Waals surface area contributed by atoms with Crippen molar-refractivity contribution in [1.82, 2.24) is 14.9 Å². The third-order valence-corrected chi connectivity index (χ3v) is 5.64. The van der Waals surface area contributed by atoms with Crippen LogP contribution in [0.4, 0.5) is 5.69 Å². The Bertz CT molecular complexity index is 1150. The van der Waals surface area contributed by atoms with E-state index in [1.807, 2.05) is 79.9 Å². The van der Waals surface area contributed by atoms with E-state index in [0.717, 1.165) is 16.7 Å². The summed E-state index contributed by atoms with van der Waals surface area (Å²) < 4.78 is 12.9. The zero-order valence-corrected chi connectivity index (χ0v) is 18.1. The molecule has 7 nitrogen and oxygen atoms in total. The van der Waals surface area contributed by atoms with Gasteiger partial charge < -0.3 is 24.3 Å². The number of Topliss-reactive ketones (excluding diaryl/α,β-unsaturated/α-hetero) is 1. The monoisotopic (exact) mass is 406 g/mol. The Hall–Kier alpha value is -3.48. The normalized spacial score (nSPS) is 15.8. The van der Waals surface area contributed by atoms with Gasteiger partial charge in [0.05, 0.1) is 30.9 Å². The minimum atomic E-state index is -0.830. The maximum Gasteiger partial charge on any atom is 0.195 e. The molecular formula is C23H26N4O3. The molecule has 156 valence electrons. The second-order valence-corrected chi connectivity index (χ2v) is 7.75. The second-order valence-electron chi connectivity index (χ2n) is 7.75. The van der Waals surface area contributed by atoms with Crippen LogP contribution in [0.25, 0.3) is 16.6 Å². The molecule has 0 amide bonds. The summed E-state index contributed by atoms with van der Waals surface area (Å²) in [6, 6.07) is 13.5. The summed E-state index contributed by atoms with van der Waals surface area (Å²) in [7, 11) is 6.97. The average molecular weight is 406 g/mol. The first kappa shape index (κ1) is 19.8. The van der Waals surface area contributed by atoms with Crippen molar-refractivity contribution < 1.29 is 14.3 Å². The number of imidazole rings is 1. The molecule has 0 atom stereocenters. The molecular weight excluding hydrogens is 380 g/mol. The Morgan fingerprint density at radius 1 is 1.03 bits per heavy atom. The van der Waals surface area contributed by atoms with Crippen LogP contribution in [0.3, 0.4) is 0 Å². The lowest BCUT2D eigenvalue weighted by Gasteiger charge is -2.34. The Morgan fingerprint density at radius 2 is 1.67 bits per heavy atom. The van der Waals surface area contributed by atoms with Gasteiger partial charge in [-0.15, -0.1) is 0 Å². The number of ketones is 1. The van der Waals surface area contributed by atoms with E-state index in [0.29, 0.717) is 28.7 Å². The third kappa shape index (κ3) is 2.81. The molecule has 1 aromatic heterocycles. The quantitative estimate of drug-likeness (QED) is 0.701. The minimum Gasteiger partial charge on any atom is -0.497 e. The summed E-state index contributed by atoms with van der Waals surface area (Å²) in [5, 5.41) is 3.24. The molecule has 0 spiro atoms. The van der Waals surface area contributed by atoms with Gasteiger partial charge in [0, 0.05) is 32.3 Å². The van der Waals surface area contributed by atoms with Gasteiger partial charge in [-0.2, -0.15) is 0 Å². The van der Waals surface area contributed by atoms with Crippen molar-refractivity contribution in [3.63, 3.8) is 0 Å². The zero-order valence-electron chi connectivity index (χ0n) is 18.1. The van der Waals surface area contributed by atoms with Crippen molar-refractivity contribution in [2.24, 2.45) is 7.05 Å². The average Bonchev–Trinajstić information content (AvgIpc) is 3.18. The number of carbonyl (C=O) groups excluding carboxylic acids is 1. The first-order chi connectivity index (χ1) is 14.3. The molecule has 2 heterocycles. The maximum absolute atomic E-state index is 13.7. The van der Waals surface area contributed by atoms with Crippen LogP contribution in [0.15, 0.2) is 48.3 Å². The lowest BCUT2D eigenvalue weighted by atomic mass is 9.95. The second kappa shape index (κ2) is 7.09. The van der Waals surface area contributed by atoms with Gasteiger partial charge in [0.15, 0.2) is 5.78 Å². The van der Waals surface area contributed by atoms with Crippen LogP contribution in [-0.2, 0) is 11.8 Å². The van der Waals surface area contributed by atoms with Crippen LogP contribution in [0.2, 0.25) is 0 Å². The first-order valence-corrected chi connectivity index (χ1v) is 9.75. The lowest BCUT2D eigenvalue weighted by molar-refractivity contribution is -0.116. The number of hydrogen-bond acceptors (Lipinski definition) is 6. The van der Waals surface area contributed by atoms with E-state index in [1.165, 1.54) is 0 Å². The highest BCUT2D eigenvalue weighted by Gasteiger charge is 2.48. The van der Waals surface area contributed by atoms with Crippen LogP contribution in [0.5, 0.6) is 11.5 Å². The molecule has 30 heavy (non-hydrogen) atoms. The van der Waals surface area contributed by atoms with Gasteiger partial charge in [0.1, 0.15) is 34.3 Å². The summed E-state index contributed by atoms with van der Waals surface area (Å²) >= 11 is 0. The van der Waals surface area contributed by atoms with Gasteiger partial charge in [0.25, 0.3) is 0 Å². The summed E-state index contributed by atoms with van der Waals surface area (Å²) in [6.07, 6.45) is 0. The number of para-hydroxylation sites is 2. The highest BCUT2D eigenvalue weighted by atomic mass is 16.5. The van der Waals surface area contributed by atoms with E-state index in [9.17, 15) is 4.79 Å². The van der Waals surface area contributed by atoms with Crippen LogP contribution >= 0.6 is 0 Å². The summed E-state index contributed by atoms with van der Waals surface area (Å²) in [4.78, 5) is 20.4. The van der Waals surface area contributed by atoms with Crippen molar-refractivity contribution in [3.8, 4) is 11.5 Å². The van der Waals surface area contributed by atoms with Crippen molar-refractivity contribution in [2.45, 2.75) is 19.4 Å². The van der Waals surface area contributed by atoms with E-state index in [-0.39, 0.29) is 5.78 Å². The molecule has 1 N–H and O–H groups in total. The van der Waals surface area contributed by atoms with Gasteiger partial charge in [-0.25, -0.2) is 4.98 Å². The predicted octanol–water partition coefficient (Wildman–Crippen LogP) is 3.35. The Morgan fingerprint density at radius 3 is 2.23 bits per heavy atom. The fraction of sp³-hybridized carbons (Fsp3) is 0.304. The first-order valence-electron chi connectivity index (χ1n) is 9.75. The molecule has 7 heteroatoms. The maximum atomic E-state index is 13.7. The number of carbonyl (C=O) groups is 1. The number of anilines is 1. The number of ether oxygens (including phenoxy) is 2. The number of fused-ring (bicyclic) bond motifs is 1. The highest BCUT2D eigenvalue weighted by molar-refractivity contribution is 6.29. The summed E-state index contributed by atoms with van der Waals surface area (Å²) in [6.45, 7) is 3.82. The smallest absolute Gasteiger partial charge is 0.195 e. The molecule has 4 rings (SSSR count). The summed E-state index contributed by atoms with van der Waals surface area (Å²) in [5.41, 5.74) is 2.35. The number of aryl methyl sites for hydroxylation is 1. The third-order valence-electron chi connectivity index (χ3n) is 5.64. The van der Waals surface area contributed by atoms with Crippen molar-refractivity contribution >= 4 is 28.1 Å². The van der Waals surface area contributed by atoms with Crippen molar-refractivity contribution in [1.29, 1.82) is 0 Å². The molecule has 1 aliphatic heterocycles. The fourth-order valence-corrected chi connectivity index (χ4v) is 4.09. The number of nitrogens with one attached hydrogen (secondary N) is 1. The van der Waals surface area contributed by atoms with E-state index >= 15 is 0 Å². The number of hydrogen-bond donors (Lipinski definition) is 1. The molecule has 0 radical (unpaired) electrons. The largest absolute Gasteiger partial charge is 0.497 e. The van der Waals surface area contributed by atoms with Crippen LogP contribution in [0.1, 0.15) is 19.7 Å². The predicted molar refractivity (Wildman–Crippen MR) is 118 cm³/mol. The Labute approximate surface area is 175 Å². The molecule has 0 fully saturated rings. The van der Waals surface area contributed by atoms with Crippen LogP contribution < -0.4 is 19.7 Å². The number of aromatic nitrogens is 2. The molecule has 3 aromatic rings. The van der Waals surface area contributed by atoms with E-state index in [4.69, 9.17) is 14.5 Å². The van der Waals surface area contributed by atoms with Crippen LogP contribution in [0, 0.1) is 0 Å². The molecule has 1 aliphatic rings. The summed E-state index contributed by atoms with van der Waals surface area (Å²) in [5.74, 6) is 2.63. The van der Waals surface area contributed by atoms with Gasteiger partial charge in [-0.3, -0.25) is 4.79 Å². The van der Waals surface area contributed by atoms with Gasteiger partial charge in [-0.1, -0.05) is 12.1 Å². The zero-order chi connectivity index (χ0) is 21.6. The van der Waals surface area contributed by atoms with Crippen molar-refractivity contribution in [2.75, 3.05) is 26.2 Å². The van der Waals surface area contributed by atoms with E-state index in [2.05, 4.69) is 5.32 Å². The van der Waals surface area contributed by atoms with Gasteiger partial charge >= 0.3 is 0 Å². The number of methoxy groups -OCH3 is 2. The van der Waals surface area contributed by atoms with Gasteiger partial charge in [0.2, 0.25) is 0 Å². The van der Waals surface area contributed by atoms with Crippen molar-refractivity contribution in [3.05, 3.63) is 54.1 Å². The molecule has 0 saturated carbocycles. The molecule has 2 aromatic carbocycles. The Kier molecular flexibility index (Phi) is 4.68. The van der Waals surface area contributed by atoms with Crippen LogP contribution in [-0.4, -0.2) is 42.1 Å². The molecule has 0 saturated heterocycles. The standard InChI is InChI=1S/C23H26N4O3/c1-23(2)20(28)19(22-25-17-9-7-8-10-18(17)26(22)4)21(24-3)27(23)14-11-15(29-5)13-16(12-14)30-6/h7-13,24H,1-6H3. The molecule has 0 aliphatic carbocycles. The molecule has 0 unspecified atom stereocenters. The molecule has 0 bridgehead atoms. The fourth-order valence-electron chi connectivity index (χ4n) is 4.09. The minimum absolute atomic E-state index is 0.00737. The number of nitrogens with zero attached hydrogens (tertiary/aromatic N) is 3. The van der Waals surface area contributed by atoms with Gasteiger partial charge in [-0.05, 0) is 26.0 Å². The number of benzene rings is 2. The van der Waals surface area contributed by atoms with E-state index < -0.39 is 5.54 Å². The highest BCUT2D eigenvalue weighted by Crippen LogP contribution is 2.43. The lowest BCUT2D eigenvalue weighted by Crippen LogP contribution is -2.46. The Balaban J connectivity index is 1.97. The number of rotatable bonds is 5. The SMILES string of the molecule is CNC1=C(c2nc3ccccc3n2C)C(=O)C(C)(C)N1c1cc(OC)cc(OC)c1. The topological polar surface area (TPSA) is 68.6 Å².